The minimum atomic E-state index is -0.183. The lowest BCUT2D eigenvalue weighted by molar-refractivity contribution is 0.411. The van der Waals surface area contributed by atoms with Crippen molar-refractivity contribution >= 4 is 28.1 Å². The lowest BCUT2D eigenvalue weighted by Gasteiger charge is -2.31. The van der Waals surface area contributed by atoms with E-state index in [1.807, 2.05) is 24.3 Å². The summed E-state index contributed by atoms with van der Waals surface area (Å²) in [5, 5.41) is 7.11. The molecule has 5 rings (SSSR count). The number of hydrogen-bond donors (Lipinski definition) is 2. The van der Waals surface area contributed by atoms with E-state index in [4.69, 9.17) is 4.42 Å². The molecule has 8 heteroatoms. The first-order chi connectivity index (χ1) is 12.3. The van der Waals surface area contributed by atoms with Gasteiger partial charge >= 0.3 is 0 Å². The number of rotatable bonds is 2. The number of nitrogens with zero attached hydrogens (tertiary/aromatic N) is 4. The van der Waals surface area contributed by atoms with Crippen LogP contribution in [0.2, 0.25) is 0 Å². The van der Waals surface area contributed by atoms with E-state index in [-0.39, 0.29) is 11.5 Å². The first-order valence-corrected chi connectivity index (χ1v) is 8.32. The van der Waals surface area contributed by atoms with Crippen molar-refractivity contribution in [2.24, 2.45) is 0 Å². The second kappa shape index (κ2) is 5.44. The van der Waals surface area contributed by atoms with Crippen LogP contribution in [-0.2, 0) is 0 Å². The van der Waals surface area contributed by atoms with Gasteiger partial charge < -0.3 is 9.32 Å². The molecule has 0 amide bonds. The fraction of sp³-hybridized carbons (Fsp3) is 0.294. The fourth-order valence-electron chi connectivity index (χ4n) is 3.42. The molecule has 0 aliphatic carbocycles. The Hall–Kier alpha value is -3.16. The highest BCUT2D eigenvalue weighted by molar-refractivity contribution is 5.74. The predicted octanol–water partition coefficient (Wildman–Crippen LogP) is 2.17. The normalized spacial score (nSPS) is 18.2. The average molecular weight is 336 g/mol. The smallest absolute Gasteiger partial charge is 0.263 e. The third kappa shape index (κ3) is 2.37. The summed E-state index contributed by atoms with van der Waals surface area (Å²) in [4.78, 5) is 26.2. The number of fused-ring (bicyclic) bond motifs is 2. The van der Waals surface area contributed by atoms with Gasteiger partial charge in [0.15, 0.2) is 17.1 Å². The number of benzene rings is 1. The number of para-hydroxylation sites is 2. The van der Waals surface area contributed by atoms with Crippen LogP contribution in [-0.4, -0.2) is 38.2 Å². The van der Waals surface area contributed by atoms with Crippen LogP contribution in [0.4, 0.5) is 5.95 Å². The lowest BCUT2D eigenvalue weighted by atomic mass is 9.98. The molecule has 3 aromatic heterocycles. The van der Waals surface area contributed by atoms with E-state index in [2.05, 4.69) is 30.0 Å². The van der Waals surface area contributed by atoms with Crippen LogP contribution in [0.15, 0.2) is 39.7 Å². The minimum absolute atomic E-state index is 0.170. The van der Waals surface area contributed by atoms with Crippen molar-refractivity contribution in [3.8, 4) is 0 Å². The number of aromatic amines is 2. The van der Waals surface area contributed by atoms with Crippen LogP contribution in [0.25, 0.3) is 22.1 Å². The minimum Gasteiger partial charge on any atom is -0.440 e. The third-order valence-electron chi connectivity index (χ3n) is 4.69. The summed E-state index contributed by atoms with van der Waals surface area (Å²) in [6.45, 7) is 1.54. The van der Waals surface area contributed by atoms with Crippen molar-refractivity contribution in [2.45, 2.75) is 18.8 Å². The molecule has 1 aliphatic rings. The molecule has 0 spiro atoms. The van der Waals surface area contributed by atoms with Gasteiger partial charge in [0.05, 0.1) is 12.1 Å². The molecule has 0 radical (unpaired) electrons. The molecule has 1 aromatic carbocycles. The first-order valence-electron chi connectivity index (χ1n) is 8.32. The van der Waals surface area contributed by atoms with Crippen LogP contribution in [0.3, 0.4) is 0 Å². The van der Waals surface area contributed by atoms with Crippen molar-refractivity contribution < 1.29 is 4.42 Å². The molecule has 2 N–H and O–H groups in total. The molecule has 1 fully saturated rings. The summed E-state index contributed by atoms with van der Waals surface area (Å²) < 4.78 is 5.93. The molecule has 4 heterocycles. The fourth-order valence-corrected chi connectivity index (χ4v) is 3.42. The van der Waals surface area contributed by atoms with E-state index in [1.165, 1.54) is 6.20 Å². The Bertz CT molecular complexity index is 1080. The van der Waals surface area contributed by atoms with Crippen LogP contribution < -0.4 is 10.5 Å². The maximum Gasteiger partial charge on any atom is 0.263 e. The van der Waals surface area contributed by atoms with Gasteiger partial charge in [0.2, 0.25) is 5.95 Å². The van der Waals surface area contributed by atoms with Crippen LogP contribution in [0.5, 0.6) is 0 Å². The molecule has 1 saturated heterocycles. The predicted molar refractivity (Wildman–Crippen MR) is 92.7 cm³/mol. The van der Waals surface area contributed by atoms with Crippen molar-refractivity contribution in [3.63, 3.8) is 0 Å². The van der Waals surface area contributed by atoms with Crippen molar-refractivity contribution in [2.75, 3.05) is 18.0 Å². The van der Waals surface area contributed by atoms with Crippen molar-refractivity contribution in [1.29, 1.82) is 0 Å². The van der Waals surface area contributed by atoms with E-state index in [0.29, 0.717) is 23.5 Å². The van der Waals surface area contributed by atoms with Crippen molar-refractivity contribution in [3.05, 3.63) is 46.7 Å². The van der Waals surface area contributed by atoms with E-state index in [9.17, 15) is 4.79 Å². The molecule has 8 nitrogen and oxygen atoms in total. The van der Waals surface area contributed by atoms with E-state index < -0.39 is 0 Å². The molecular weight excluding hydrogens is 320 g/mol. The molecule has 0 saturated carbocycles. The number of hydrogen-bond acceptors (Lipinski definition) is 6. The standard InChI is InChI=1S/C17H16N6O2/c24-15-11-8-18-22-14(11)20-17(21-15)23-7-3-4-10(9-23)16-19-12-5-1-2-6-13(12)25-16/h1-2,5-6,8,10H,3-4,7,9H2,(H2,18,20,21,22,24)/t10-/m1/s1. The lowest BCUT2D eigenvalue weighted by Crippen LogP contribution is -2.36. The van der Waals surface area contributed by atoms with Gasteiger partial charge in [-0.2, -0.15) is 10.1 Å². The highest BCUT2D eigenvalue weighted by atomic mass is 16.3. The number of anilines is 1. The SMILES string of the molecule is O=c1[nH]c(N2CCC[C@@H](c3nc4ccccc4o3)C2)nc2[nH]ncc12. The summed E-state index contributed by atoms with van der Waals surface area (Å²) >= 11 is 0. The quantitative estimate of drug-likeness (QED) is 0.581. The van der Waals surface area contributed by atoms with Crippen LogP contribution >= 0.6 is 0 Å². The van der Waals surface area contributed by atoms with E-state index in [0.717, 1.165) is 36.4 Å². The van der Waals surface area contributed by atoms with Gasteiger partial charge in [0.25, 0.3) is 5.56 Å². The van der Waals surface area contributed by atoms with E-state index in [1.54, 1.807) is 0 Å². The second-order valence-electron chi connectivity index (χ2n) is 6.33. The molecule has 1 aliphatic heterocycles. The molecular formula is C17H16N6O2. The zero-order valence-electron chi connectivity index (χ0n) is 13.4. The Balaban J connectivity index is 1.47. The Morgan fingerprint density at radius 2 is 2.16 bits per heavy atom. The van der Waals surface area contributed by atoms with Gasteiger partial charge in [-0.15, -0.1) is 0 Å². The number of H-pyrrole nitrogens is 2. The van der Waals surface area contributed by atoms with Crippen molar-refractivity contribution in [1.82, 2.24) is 25.1 Å². The molecule has 0 bridgehead atoms. The number of nitrogens with one attached hydrogen (secondary N) is 2. The molecule has 1 atom stereocenters. The van der Waals surface area contributed by atoms with Crippen LogP contribution in [0, 0.1) is 0 Å². The molecule has 0 unspecified atom stereocenters. The summed E-state index contributed by atoms with van der Waals surface area (Å²) in [5.74, 6) is 1.47. The Morgan fingerprint density at radius 1 is 1.24 bits per heavy atom. The monoisotopic (exact) mass is 336 g/mol. The summed E-state index contributed by atoms with van der Waals surface area (Å²) in [7, 11) is 0. The van der Waals surface area contributed by atoms with Gasteiger partial charge in [-0.1, -0.05) is 12.1 Å². The van der Waals surface area contributed by atoms with Gasteiger partial charge in [0.1, 0.15) is 10.9 Å². The maximum atomic E-state index is 12.2. The zero-order chi connectivity index (χ0) is 16.8. The number of aromatic nitrogens is 5. The average Bonchev–Trinajstić information content (AvgIpc) is 3.28. The largest absolute Gasteiger partial charge is 0.440 e. The van der Waals surface area contributed by atoms with Gasteiger partial charge in [0, 0.05) is 13.1 Å². The topological polar surface area (TPSA) is 104 Å². The maximum absolute atomic E-state index is 12.2. The molecule has 126 valence electrons. The number of oxazole rings is 1. The zero-order valence-corrected chi connectivity index (χ0v) is 13.4. The highest BCUT2D eigenvalue weighted by Gasteiger charge is 2.27. The molecule has 4 aromatic rings. The van der Waals surface area contributed by atoms with E-state index >= 15 is 0 Å². The summed E-state index contributed by atoms with van der Waals surface area (Å²) in [6, 6.07) is 7.78. The third-order valence-corrected chi connectivity index (χ3v) is 4.69. The van der Waals surface area contributed by atoms with Gasteiger partial charge in [-0.25, -0.2) is 4.98 Å². The Kier molecular flexibility index (Phi) is 3.09. The highest BCUT2D eigenvalue weighted by Crippen LogP contribution is 2.30. The van der Waals surface area contributed by atoms with Gasteiger partial charge in [-0.05, 0) is 25.0 Å². The first kappa shape index (κ1) is 14.2. The molecule has 25 heavy (non-hydrogen) atoms. The number of piperidine rings is 1. The second-order valence-corrected chi connectivity index (χ2v) is 6.33. The Morgan fingerprint density at radius 3 is 3.08 bits per heavy atom. The summed E-state index contributed by atoms with van der Waals surface area (Å²) in [5.41, 5.74) is 2.00. The Labute approximate surface area is 141 Å². The van der Waals surface area contributed by atoms with Gasteiger partial charge in [-0.3, -0.25) is 14.9 Å². The van der Waals surface area contributed by atoms with Crippen LogP contribution in [0.1, 0.15) is 24.7 Å². The summed E-state index contributed by atoms with van der Waals surface area (Å²) in [6.07, 6.45) is 3.47.